The summed E-state index contributed by atoms with van der Waals surface area (Å²) in [6.07, 6.45) is 0. The molecule has 1 heterocycles. The second kappa shape index (κ2) is 7.72. The maximum absolute atomic E-state index is 14.3. The largest absolute Gasteiger partial charge is 0.384 e. The van der Waals surface area contributed by atoms with Gasteiger partial charge in [-0.2, -0.15) is 5.10 Å². The molecule has 0 unspecified atom stereocenters. The third-order valence-corrected chi connectivity index (χ3v) is 5.12. The van der Waals surface area contributed by atoms with Crippen LogP contribution in [0.15, 0.2) is 65.1 Å². The Morgan fingerprint density at radius 3 is 2.57 bits per heavy atom. The van der Waals surface area contributed by atoms with E-state index in [2.05, 4.69) is 26.3 Å². The molecule has 3 aromatic carbocycles. The number of rotatable bonds is 4. The monoisotopic (exact) mass is 465 g/mol. The Balaban J connectivity index is 1.69. The van der Waals surface area contributed by atoms with E-state index >= 15 is 0 Å². The van der Waals surface area contributed by atoms with Gasteiger partial charge in [0.2, 0.25) is 0 Å². The third-order valence-electron chi connectivity index (χ3n) is 4.62. The van der Waals surface area contributed by atoms with E-state index < -0.39 is 11.7 Å². The molecule has 0 saturated carbocycles. The van der Waals surface area contributed by atoms with Crippen molar-refractivity contribution in [1.82, 2.24) is 9.78 Å². The average molecular weight is 466 g/mol. The van der Waals surface area contributed by atoms with E-state index in [-0.39, 0.29) is 22.8 Å². The number of aryl methyl sites for hydroxylation is 1. The lowest BCUT2D eigenvalue weighted by Gasteiger charge is -2.11. The van der Waals surface area contributed by atoms with Gasteiger partial charge in [0.15, 0.2) is 0 Å². The Morgan fingerprint density at radius 1 is 1.10 bits per heavy atom. The number of hydrogen-bond acceptors (Lipinski definition) is 3. The van der Waals surface area contributed by atoms with Crippen LogP contribution in [0.4, 0.5) is 10.1 Å². The van der Waals surface area contributed by atoms with Crippen LogP contribution in [-0.2, 0) is 0 Å². The normalized spacial score (nSPS) is 10.9. The Morgan fingerprint density at radius 2 is 1.83 bits per heavy atom. The zero-order valence-electron chi connectivity index (χ0n) is 15.9. The van der Waals surface area contributed by atoms with Crippen LogP contribution in [0.3, 0.4) is 0 Å². The van der Waals surface area contributed by atoms with Gasteiger partial charge in [0, 0.05) is 10.0 Å². The molecule has 4 rings (SSSR count). The van der Waals surface area contributed by atoms with Crippen LogP contribution in [0.1, 0.15) is 21.7 Å². The van der Waals surface area contributed by atoms with Crippen molar-refractivity contribution in [2.45, 2.75) is 6.92 Å². The van der Waals surface area contributed by atoms with Crippen molar-refractivity contribution in [3.8, 4) is 5.69 Å². The first-order valence-electron chi connectivity index (χ1n) is 9.03. The van der Waals surface area contributed by atoms with Crippen LogP contribution in [0.5, 0.6) is 0 Å². The van der Waals surface area contributed by atoms with Gasteiger partial charge in [-0.3, -0.25) is 10.2 Å². The first kappa shape index (κ1) is 19.8. The summed E-state index contributed by atoms with van der Waals surface area (Å²) in [5.74, 6) is -1.42. The molecule has 0 fully saturated rings. The van der Waals surface area contributed by atoms with E-state index in [4.69, 9.17) is 11.1 Å². The highest BCUT2D eigenvalue weighted by Gasteiger charge is 2.17. The first-order valence-corrected chi connectivity index (χ1v) is 9.83. The van der Waals surface area contributed by atoms with Gasteiger partial charge in [0.1, 0.15) is 17.3 Å². The lowest BCUT2D eigenvalue weighted by molar-refractivity contribution is 0.101. The molecule has 150 valence electrons. The van der Waals surface area contributed by atoms with Crippen molar-refractivity contribution >= 4 is 44.1 Å². The van der Waals surface area contributed by atoms with Crippen molar-refractivity contribution in [3.63, 3.8) is 0 Å². The van der Waals surface area contributed by atoms with Crippen LogP contribution in [0.25, 0.3) is 16.5 Å². The lowest BCUT2D eigenvalue weighted by atomic mass is 10.1. The zero-order chi connectivity index (χ0) is 21.4. The van der Waals surface area contributed by atoms with Gasteiger partial charge in [0.25, 0.3) is 5.91 Å². The summed E-state index contributed by atoms with van der Waals surface area (Å²) in [5, 5.41) is 16.4. The maximum atomic E-state index is 14.3. The van der Waals surface area contributed by atoms with Crippen molar-refractivity contribution in [1.29, 1.82) is 5.41 Å². The number of halogens is 2. The molecule has 8 heteroatoms. The number of nitrogens with two attached hydrogens (primary N) is 1. The average Bonchev–Trinajstić information content (AvgIpc) is 3.10. The smallest absolute Gasteiger partial charge is 0.274 e. The Labute approximate surface area is 180 Å². The predicted octanol–water partition coefficient (Wildman–Crippen LogP) is 4.77. The number of fused-ring (bicyclic) bond motifs is 1. The molecule has 0 aliphatic rings. The summed E-state index contributed by atoms with van der Waals surface area (Å²) in [7, 11) is 0. The van der Waals surface area contributed by atoms with Crippen LogP contribution in [0.2, 0.25) is 0 Å². The van der Waals surface area contributed by atoms with E-state index in [1.165, 1.54) is 16.8 Å². The van der Waals surface area contributed by atoms with Gasteiger partial charge < -0.3 is 11.1 Å². The number of benzene rings is 3. The van der Waals surface area contributed by atoms with E-state index in [0.717, 1.165) is 27.0 Å². The fourth-order valence-electron chi connectivity index (χ4n) is 3.16. The summed E-state index contributed by atoms with van der Waals surface area (Å²) in [4.78, 5) is 12.9. The summed E-state index contributed by atoms with van der Waals surface area (Å²) >= 11 is 3.46. The third kappa shape index (κ3) is 3.81. The molecule has 0 radical (unpaired) electrons. The molecule has 6 nitrogen and oxygen atoms in total. The fraction of sp³-hybridized carbons (Fsp3) is 0.0455. The molecule has 0 aliphatic carbocycles. The summed E-state index contributed by atoms with van der Waals surface area (Å²) < 4.78 is 16.8. The van der Waals surface area contributed by atoms with Crippen molar-refractivity contribution in [2.24, 2.45) is 5.73 Å². The molecular formula is C22H17BrFN5O. The number of carbonyl (C=O) groups is 1. The van der Waals surface area contributed by atoms with Gasteiger partial charge in [0.05, 0.1) is 17.1 Å². The second-order valence-corrected chi connectivity index (χ2v) is 7.74. The molecule has 0 saturated heterocycles. The number of nitrogens with one attached hydrogen (secondary N) is 2. The standard InChI is InChI=1S/C22H17BrFN5O/c1-12-8-20(22(30)27-19-7-4-15(21(25)26)11-18(19)24)29(28-12)17-6-3-13-9-16(23)5-2-14(13)10-17/h2-11H,1H3,(H3,25,26)(H,27,30). The highest BCUT2D eigenvalue weighted by atomic mass is 79.9. The Kier molecular flexibility index (Phi) is 5.09. The molecule has 0 bridgehead atoms. The number of nitrogens with zero attached hydrogens (tertiary/aromatic N) is 2. The molecule has 1 aromatic heterocycles. The molecule has 30 heavy (non-hydrogen) atoms. The Hall–Kier alpha value is -3.52. The number of nitrogen functional groups attached to an aromatic ring is 1. The van der Waals surface area contributed by atoms with Gasteiger partial charge in [-0.1, -0.05) is 28.1 Å². The van der Waals surface area contributed by atoms with E-state index in [1.807, 2.05) is 36.4 Å². The van der Waals surface area contributed by atoms with E-state index in [9.17, 15) is 9.18 Å². The van der Waals surface area contributed by atoms with Crippen LogP contribution < -0.4 is 11.1 Å². The molecular weight excluding hydrogens is 449 g/mol. The van der Waals surface area contributed by atoms with Crippen LogP contribution in [-0.4, -0.2) is 21.5 Å². The minimum atomic E-state index is -0.671. The van der Waals surface area contributed by atoms with Crippen molar-refractivity contribution < 1.29 is 9.18 Å². The number of amides is 1. The van der Waals surface area contributed by atoms with E-state index in [0.29, 0.717) is 5.69 Å². The zero-order valence-corrected chi connectivity index (χ0v) is 17.5. The Bertz CT molecular complexity index is 1310. The topological polar surface area (TPSA) is 96.8 Å². The van der Waals surface area contributed by atoms with Gasteiger partial charge in [-0.15, -0.1) is 0 Å². The first-order chi connectivity index (χ1) is 14.3. The molecule has 0 atom stereocenters. The highest BCUT2D eigenvalue weighted by Crippen LogP contribution is 2.24. The number of carbonyl (C=O) groups excluding carboxylic acids is 1. The number of amidine groups is 1. The quantitative estimate of drug-likeness (QED) is 0.299. The minimum absolute atomic E-state index is 0.00114. The summed E-state index contributed by atoms with van der Waals surface area (Å²) in [6, 6.07) is 17.3. The maximum Gasteiger partial charge on any atom is 0.274 e. The molecule has 0 aliphatic heterocycles. The molecule has 0 spiro atoms. The number of aromatic nitrogens is 2. The summed E-state index contributed by atoms with van der Waals surface area (Å²) in [5.41, 5.74) is 7.27. The molecule has 1 amide bonds. The number of hydrogen-bond donors (Lipinski definition) is 3. The van der Waals surface area contributed by atoms with Crippen molar-refractivity contribution in [2.75, 3.05) is 5.32 Å². The van der Waals surface area contributed by atoms with Crippen molar-refractivity contribution in [3.05, 3.63) is 87.9 Å². The highest BCUT2D eigenvalue weighted by molar-refractivity contribution is 9.10. The SMILES string of the molecule is Cc1cc(C(=O)Nc2ccc(C(=N)N)cc2F)n(-c2ccc3cc(Br)ccc3c2)n1. The fourth-order valence-corrected chi connectivity index (χ4v) is 3.54. The summed E-state index contributed by atoms with van der Waals surface area (Å²) in [6.45, 7) is 1.79. The number of anilines is 1. The van der Waals surface area contributed by atoms with Crippen LogP contribution >= 0.6 is 15.9 Å². The lowest BCUT2D eigenvalue weighted by Crippen LogP contribution is -2.18. The second-order valence-electron chi connectivity index (χ2n) is 6.82. The molecule has 4 aromatic rings. The predicted molar refractivity (Wildman–Crippen MR) is 119 cm³/mol. The van der Waals surface area contributed by atoms with Gasteiger partial charge in [-0.25, -0.2) is 9.07 Å². The van der Waals surface area contributed by atoms with E-state index in [1.54, 1.807) is 13.0 Å². The minimum Gasteiger partial charge on any atom is -0.384 e. The van der Waals surface area contributed by atoms with Gasteiger partial charge in [-0.05, 0) is 66.2 Å². The molecule has 4 N–H and O–H groups in total. The van der Waals surface area contributed by atoms with Crippen LogP contribution in [0, 0.1) is 18.2 Å². The van der Waals surface area contributed by atoms with Gasteiger partial charge >= 0.3 is 0 Å².